The van der Waals surface area contributed by atoms with E-state index in [-0.39, 0.29) is 5.69 Å². The lowest BCUT2D eigenvalue weighted by atomic mass is 10.2. The van der Waals surface area contributed by atoms with Crippen LogP contribution in [0.25, 0.3) is 0 Å². The van der Waals surface area contributed by atoms with Gasteiger partial charge in [-0.25, -0.2) is 0 Å². The molecular weight excluding hydrogens is 403 g/mol. The van der Waals surface area contributed by atoms with Crippen LogP contribution in [0.5, 0.6) is 0 Å². The Kier molecular flexibility index (Phi) is 3.72. The number of aromatic nitrogens is 3. The van der Waals surface area contributed by atoms with Crippen LogP contribution >= 0.6 is 38.5 Å². The molecule has 1 aromatic heterocycles. The first kappa shape index (κ1) is 12.4. The van der Waals surface area contributed by atoms with Crippen LogP contribution in [0.15, 0.2) is 28.9 Å². The van der Waals surface area contributed by atoms with Gasteiger partial charge in [-0.2, -0.15) is 4.80 Å². The Morgan fingerprint density at radius 2 is 2.24 bits per heavy atom. The van der Waals surface area contributed by atoms with Crippen molar-refractivity contribution in [2.45, 2.75) is 6.54 Å². The second-order valence-electron chi connectivity index (χ2n) is 3.24. The van der Waals surface area contributed by atoms with Crippen molar-refractivity contribution in [1.82, 2.24) is 15.0 Å². The highest BCUT2D eigenvalue weighted by molar-refractivity contribution is 14.1. The number of nitro groups is 1. The quantitative estimate of drug-likeness (QED) is 0.444. The molecule has 0 aliphatic carbocycles. The van der Waals surface area contributed by atoms with Crippen molar-refractivity contribution < 1.29 is 4.92 Å². The largest absolute Gasteiger partial charge is 0.269 e. The van der Waals surface area contributed by atoms with Gasteiger partial charge in [-0.1, -0.05) is 12.1 Å². The summed E-state index contributed by atoms with van der Waals surface area (Å²) < 4.78 is 1.43. The third kappa shape index (κ3) is 3.00. The van der Waals surface area contributed by atoms with Crippen molar-refractivity contribution >= 4 is 44.2 Å². The van der Waals surface area contributed by atoms with E-state index in [1.165, 1.54) is 16.9 Å². The summed E-state index contributed by atoms with van der Waals surface area (Å²) in [6.45, 7) is 0.406. The smallest absolute Gasteiger partial charge is 0.258 e. The van der Waals surface area contributed by atoms with Crippen molar-refractivity contribution in [3.8, 4) is 0 Å². The maximum Gasteiger partial charge on any atom is 0.269 e. The van der Waals surface area contributed by atoms with Gasteiger partial charge in [0.15, 0.2) is 8.30 Å². The van der Waals surface area contributed by atoms with Crippen LogP contribution in [0, 0.1) is 13.8 Å². The Morgan fingerprint density at radius 1 is 1.47 bits per heavy atom. The molecule has 2 aromatic rings. The maximum atomic E-state index is 10.6. The third-order valence-electron chi connectivity index (χ3n) is 2.02. The zero-order valence-corrected chi connectivity index (χ0v) is 12.1. The predicted octanol–water partition coefficient (Wildman–Crippen LogP) is 2.60. The number of rotatable bonds is 3. The molecule has 0 aliphatic rings. The standard InChI is InChI=1S/C9H6BrIN4O2/c10-8-9(11)13-14(12-8)5-6-2-1-3-7(4-6)15(16)17/h1-4H,5H2. The van der Waals surface area contributed by atoms with Gasteiger partial charge in [0, 0.05) is 12.1 Å². The Bertz CT molecular complexity index is 552. The van der Waals surface area contributed by atoms with E-state index in [1.54, 1.807) is 12.1 Å². The normalized spacial score (nSPS) is 10.5. The average Bonchev–Trinajstić information content (AvgIpc) is 2.58. The summed E-state index contributed by atoms with van der Waals surface area (Å²) in [5.74, 6) is 0. The molecule has 17 heavy (non-hydrogen) atoms. The molecule has 2 rings (SSSR count). The van der Waals surface area contributed by atoms with Crippen molar-refractivity contribution in [3.05, 3.63) is 48.2 Å². The van der Waals surface area contributed by atoms with E-state index in [2.05, 4.69) is 48.7 Å². The summed E-state index contributed by atoms with van der Waals surface area (Å²) in [4.78, 5) is 11.7. The fraction of sp³-hybridized carbons (Fsp3) is 0.111. The molecule has 0 unspecified atom stereocenters. The van der Waals surface area contributed by atoms with E-state index >= 15 is 0 Å². The molecule has 0 radical (unpaired) electrons. The molecule has 0 amide bonds. The van der Waals surface area contributed by atoms with Crippen molar-refractivity contribution in [2.24, 2.45) is 0 Å². The van der Waals surface area contributed by atoms with Gasteiger partial charge in [0.05, 0.1) is 11.5 Å². The molecule has 0 atom stereocenters. The van der Waals surface area contributed by atoms with Crippen LogP contribution in [0.2, 0.25) is 0 Å². The van der Waals surface area contributed by atoms with Gasteiger partial charge in [0.1, 0.15) is 0 Å². The van der Waals surface area contributed by atoms with E-state index in [4.69, 9.17) is 0 Å². The van der Waals surface area contributed by atoms with Gasteiger partial charge < -0.3 is 0 Å². The lowest BCUT2D eigenvalue weighted by Gasteiger charge is -1.99. The summed E-state index contributed by atoms with van der Waals surface area (Å²) in [5, 5.41) is 18.9. The van der Waals surface area contributed by atoms with Gasteiger partial charge in [-0.15, -0.1) is 10.2 Å². The van der Waals surface area contributed by atoms with E-state index in [1.807, 2.05) is 0 Å². The van der Waals surface area contributed by atoms with Crippen LogP contribution in [-0.4, -0.2) is 19.9 Å². The molecule has 88 valence electrons. The number of hydrogen-bond acceptors (Lipinski definition) is 4. The molecule has 6 nitrogen and oxygen atoms in total. The molecule has 0 spiro atoms. The van der Waals surface area contributed by atoms with Gasteiger partial charge in [-0.05, 0) is 44.1 Å². The second kappa shape index (κ2) is 5.08. The molecule has 0 N–H and O–H groups in total. The van der Waals surface area contributed by atoms with E-state index in [9.17, 15) is 10.1 Å². The Balaban J connectivity index is 2.24. The highest BCUT2D eigenvalue weighted by Gasteiger charge is 2.08. The van der Waals surface area contributed by atoms with Crippen LogP contribution in [-0.2, 0) is 6.54 Å². The van der Waals surface area contributed by atoms with Gasteiger partial charge in [-0.3, -0.25) is 10.1 Å². The van der Waals surface area contributed by atoms with E-state index in [0.717, 1.165) is 9.26 Å². The summed E-state index contributed by atoms with van der Waals surface area (Å²) in [7, 11) is 0. The van der Waals surface area contributed by atoms with E-state index in [0.29, 0.717) is 11.1 Å². The van der Waals surface area contributed by atoms with Crippen molar-refractivity contribution in [1.29, 1.82) is 0 Å². The summed E-state index contributed by atoms with van der Waals surface area (Å²) in [6, 6.07) is 6.43. The number of non-ortho nitro benzene ring substituents is 1. The first-order chi connectivity index (χ1) is 8.06. The lowest BCUT2D eigenvalue weighted by molar-refractivity contribution is -0.384. The monoisotopic (exact) mass is 408 g/mol. The van der Waals surface area contributed by atoms with Crippen LogP contribution in [0.4, 0.5) is 5.69 Å². The fourth-order valence-corrected chi connectivity index (χ4v) is 1.93. The van der Waals surface area contributed by atoms with E-state index < -0.39 is 4.92 Å². The highest BCUT2D eigenvalue weighted by Crippen LogP contribution is 2.16. The SMILES string of the molecule is O=[N+]([O-])c1cccc(Cn2nc(Br)c(I)n2)c1. The Labute approximate surface area is 118 Å². The number of nitro benzene ring substituents is 1. The van der Waals surface area contributed by atoms with Gasteiger partial charge >= 0.3 is 0 Å². The number of nitrogens with zero attached hydrogens (tertiary/aromatic N) is 4. The molecule has 1 heterocycles. The third-order valence-corrected chi connectivity index (χ3v) is 4.02. The zero-order valence-electron chi connectivity index (χ0n) is 8.38. The zero-order chi connectivity index (χ0) is 12.4. The van der Waals surface area contributed by atoms with Crippen LogP contribution in [0.3, 0.4) is 0 Å². The van der Waals surface area contributed by atoms with Gasteiger partial charge in [0.2, 0.25) is 0 Å². The number of hydrogen-bond donors (Lipinski definition) is 0. The minimum Gasteiger partial charge on any atom is -0.258 e. The number of halogens is 2. The maximum absolute atomic E-state index is 10.6. The second-order valence-corrected chi connectivity index (χ2v) is 5.01. The topological polar surface area (TPSA) is 73.8 Å². The van der Waals surface area contributed by atoms with Gasteiger partial charge in [0.25, 0.3) is 5.69 Å². The molecule has 0 saturated heterocycles. The molecule has 0 fully saturated rings. The molecule has 8 heteroatoms. The lowest BCUT2D eigenvalue weighted by Crippen LogP contribution is -2.04. The summed E-state index contributed by atoms with van der Waals surface area (Å²) >= 11 is 5.31. The van der Waals surface area contributed by atoms with Crippen molar-refractivity contribution in [2.75, 3.05) is 0 Å². The van der Waals surface area contributed by atoms with Crippen LogP contribution < -0.4 is 0 Å². The van der Waals surface area contributed by atoms with Crippen molar-refractivity contribution in [3.63, 3.8) is 0 Å². The Morgan fingerprint density at radius 3 is 2.82 bits per heavy atom. The summed E-state index contributed by atoms with van der Waals surface area (Å²) in [6.07, 6.45) is 0. The molecule has 1 aromatic carbocycles. The van der Waals surface area contributed by atoms with Crippen LogP contribution in [0.1, 0.15) is 5.56 Å². The average molecular weight is 409 g/mol. The first-order valence-corrected chi connectivity index (χ1v) is 6.43. The summed E-state index contributed by atoms with van der Waals surface area (Å²) in [5.41, 5.74) is 0.863. The highest BCUT2D eigenvalue weighted by atomic mass is 127. The minimum absolute atomic E-state index is 0.0726. The first-order valence-electron chi connectivity index (χ1n) is 4.56. The molecule has 0 bridgehead atoms. The fourth-order valence-electron chi connectivity index (χ4n) is 1.31. The molecule has 0 saturated carbocycles. The minimum atomic E-state index is -0.417. The predicted molar refractivity (Wildman–Crippen MR) is 72.6 cm³/mol. The number of benzene rings is 1. The molecular formula is C9H6BrIN4O2. The molecule has 0 aliphatic heterocycles. The Hall–Kier alpha value is -1.03.